The fourth-order valence-electron chi connectivity index (χ4n) is 5.86. The number of rotatable bonds is 6. The molecule has 194 valence electrons. The van der Waals surface area contributed by atoms with Crippen molar-refractivity contribution in [2.24, 2.45) is 11.8 Å². The highest BCUT2D eigenvalue weighted by Crippen LogP contribution is 2.54. The lowest BCUT2D eigenvalue weighted by atomic mass is 9.71. The third-order valence-corrected chi connectivity index (χ3v) is 8.53. The number of anilines is 1. The van der Waals surface area contributed by atoms with Crippen LogP contribution in [-0.4, -0.2) is 11.0 Å². The molecule has 1 unspecified atom stereocenters. The van der Waals surface area contributed by atoms with Crippen molar-refractivity contribution in [2.75, 3.05) is 5.32 Å². The minimum Gasteiger partial charge on any atom is -0.508 e. The lowest BCUT2D eigenvalue weighted by Crippen LogP contribution is -2.30. The van der Waals surface area contributed by atoms with Gasteiger partial charge in [0.15, 0.2) is 0 Å². The van der Waals surface area contributed by atoms with E-state index in [-0.39, 0.29) is 22.5 Å². The Bertz CT molecular complexity index is 1330. The fourth-order valence-corrected chi connectivity index (χ4v) is 5.86. The van der Waals surface area contributed by atoms with Crippen molar-refractivity contribution >= 4 is 23.2 Å². The van der Waals surface area contributed by atoms with Crippen molar-refractivity contribution < 1.29 is 9.90 Å². The van der Waals surface area contributed by atoms with Crippen LogP contribution in [0.2, 0.25) is 0 Å². The maximum atomic E-state index is 12.7. The van der Waals surface area contributed by atoms with Crippen LogP contribution >= 0.6 is 0 Å². The first-order chi connectivity index (χ1) is 17.3. The number of carbonyl (C=O) groups excluding carboxylic acids is 1. The van der Waals surface area contributed by atoms with E-state index in [1.807, 2.05) is 24.3 Å². The predicted octanol–water partition coefficient (Wildman–Crippen LogP) is 8.61. The monoisotopic (exact) mass is 495 g/mol. The Morgan fingerprint density at radius 3 is 2.08 bits per heavy atom. The number of carbonyl (C=O) groups is 1. The van der Waals surface area contributed by atoms with Gasteiger partial charge in [0.1, 0.15) is 5.75 Å². The molecule has 0 saturated carbocycles. The topological polar surface area (TPSA) is 49.3 Å². The first-order valence-electron chi connectivity index (χ1n) is 13.4. The van der Waals surface area contributed by atoms with Gasteiger partial charge in [-0.1, -0.05) is 78.8 Å². The summed E-state index contributed by atoms with van der Waals surface area (Å²) in [7, 11) is 0. The first-order valence-corrected chi connectivity index (χ1v) is 13.4. The van der Waals surface area contributed by atoms with Gasteiger partial charge in [0.2, 0.25) is 0 Å². The quantitative estimate of drug-likeness (QED) is 0.266. The molecule has 0 heterocycles. The summed E-state index contributed by atoms with van der Waals surface area (Å²) in [6.07, 6.45) is 3.28. The van der Waals surface area contributed by atoms with Gasteiger partial charge in [-0.3, -0.25) is 4.79 Å². The van der Waals surface area contributed by atoms with Crippen LogP contribution in [0.15, 0.2) is 60.7 Å². The third kappa shape index (κ3) is 5.23. The van der Waals surface area contributed by atoms with Gasteiger partial charge in [0.25, 0.3) is 5.91 Å². The maximum Gasteiger partial charge on any atom is 0.255 e. The summed E-state index contributed by atoms with van der Waals surface area (Å²) in [6.45, 7) is 18.7. The van der Waals surface area contributed by atoms with E-state index in [2.05, 4.69) is 78.9 Å². The zero-order valence-corrected chi connectivity index (χ0v) is 23.6. The minimum absolute atomic E-state index is 0.122. The lowest BCUT2D eigenvalue weighted by molar-refractivity contribution is 0.102. The van der Waals surface area contributed by atoms with Crippen LogP contribution in [0.25, 0.3) is 11.6 Å². The average Bonchev–Trinajstić information content (AvgIpc) is 2.96. The number of allylic oxidation sites excluding steroid dienone is 1. The molecule has 0 bridgehead atoms. The molecule has 1 atom stereocenters. The summed E-state index contributed by atoms with van der Waals surface area (Å²) in [5.74, 6) is 1.13. The van der Waals surface area contributed by atoms with Crippen molar-refractivity contribution in [1.82, 2.24) is 0 Å². The molecule has 0 fully saturated rings. The molecule has 0 saturated heterocycles. The number of phenolic OH excluding ortho intramolecular Hbond substituents is 1. The molecule has 37 heavy (non-hydrogen) atoms. The summed E-state index contributed by atoms with van der Waals surface area (Å²) in [5.41, 5.74) is 9.56. The highest BCUT2D eigenvalue weighted by molar-refractivity contribution is 6.04. The molecule has 0 radical (unpaired) electrons. The van der Waals surface area contributed by atoms with Gasteiger partial charge in [-0.15, -0.1) is 0 Å². The molecule has 1 aliphatic rings. The van der Waals surface area contributed by atoms with E-state index < -0.39 is 0 Å². The van der Waals surface area contributed by atoms with Gasteiger partial charge in [-0.25, -0.2) is 0 Å². The Kier molecular flexibility index (Phi) is 7.12. The van der Waals surface area contributed by atoms with Crippen molar-refractivity contribution in [1.29, 1.82) is 0 Å². The van der Waals surface area contributed by atoms with Gasteiger partial charge in [-0.05, 0) is 106 Å². The summed E-state index contributed by atoms with van der Waals surface area (Å²) in [5, 5.41) is 12.3. The van der Waals surface area contributed by atoms with E-state index in [0.29, 0.717) is 23.1 Å². The fraction of sp³-hybridized carbons (Fsp3) is 0.382. The molecule has 3 nitrogen and oxygen atoms in total. The highest BCUT2D eigenvalue weighted by atomic mass is 16.3. The Hall–Kier alpha value is -3.33. The van der Waals surface area contributed by atoms with E-state index >= 15 is 0 Å². The van der Waals surface area contributed by atoms with E-state index in [9.17, 15) is 9.90 Å². The second kappa shape index (κ2) is 9.85. The van der Waals surface area contributed by atoms with E-state index in [1.165, 1.54) is 27.8 Å². The molecular weight excluding hydrogens is 454 g/mol. The number of hydrogen-bond acceptors (Lipinski definition) is 2. The number of phenols is 1. The van der Waals surface area contributed by atoms with Gasteiger partial charge >= 0.3 is 0 Å². The largest absolute Gasteiger partial charge is 0.508 e. The molecular formula is C34H41NO2. The third-order valence-electron chi connectivity index (χ3n) is 8.53. The average molecular weight is 496 g/mol. The Morgan fingerprint density at radius 2 is 1.51 bits per heavy atom. The number of hydrogen-bond donors (Lipinski definition) is 2. The maximum absolute atomic E-state index is 12.7. The minimum atomic E-state index is -0.172. The number of fused-ring (bicyclic) bond motifs is 1. The highest BCUT2D eigenvalue weighted by Gasteiger charge is 2.48. The van der Waals surface area contributed by atoms with Crippen molar-refractivity contribution in [3.8, 4) is 5.75 Å². The van der Waals surface area contributed by atoms with Crippen LogP contribution in [0.5, 0.6) is 5.75 Å². The van der Waals surface area contributed by atoms with Crippen LogP contribution in [-0.2, 0) is 17.3 Å². The molecule has 2 N–H and O–H groups in total. The second-order valence-electron chi connectivity index (χ2n) is 12.3. The first kappa shape index (κ1) is 26.7. The molecule has 0 spiro atoms. The molecule has 3 aromatic carbocycles. The zero-order valence-electron chi connectivity index (χ0n) is 23.6. The number of benzene rings is 3. The lowest BCUT2D eigenvalue weighted by Gasteiger charge is -2.32. The van der Waals surface area contributed by atoms with E-state index in [1.54, 1.807) is 24.3 Å². The molecule has 1 amide bonds. The van der Waals surface area contributed by atoms with Crippen molar-refractivity contribution in [2.45, 2.75) is 72.6 Å². The van der Waals surface area contributed by atoms with E-state index in [0.717, 1.165) is 12.0 Å². The van der Waals surface area contributed by atoms with Gasteiger partial charge in [0, 0.05) is 11.3 Å². The van der Waals surface area contributed by atoms with Gasteiger partial charge in [0.05, 0.1) is 0 Å². The van der Waals surface area contributed by atoms with Gasteiger partial charge < -0.3 is 10.4 Å². The van der Waals surface area contributed by atoms with Crippen LogP contribution in [0.4, 0.5) is 5.69 Å². The number of amides is 1. The molecule has 0 aliphatic heterocycles. The summed E-state index contributed by atoms with van der Waals surface area (Å²) in [4.78, 5) is 12.7. The number of nitrogens with one attached hydrogen (secondary N) is 1. The molecule has 4 rings (SSSR count). The van der Waals surface area contributed by atoms with Crippen molar-refractivity contribution in [3.63, 3.8) is 0 Å². The SMILES string of the molecule is C/C(=C\c1ccc(C(=O)Nc2ccc(O)cc2)cc1)c1cc2c(cc1CC(C)C)C(C)(C)C(C)C2(C)C. The van der Waals surface area contributed by atoms with Crippen LogP contribution < -0.4 is 5.32 Å². The number of aromatic hydroxyl groups is 1. The van der Waals surface area contributed by atoms with Crippen LogP contribution in [0, 0.1) is 11.8 Å². The Balaban J connectivity index is 1.64. The van der Waals surface area contributed by atoms with E-state index in [4.69, 9.17) is 0 Å². The second-order valence-corrected chi connectivity index (χ2v) is 12.3. The van der Waals surface area contributed by atoms with Gasteiger partial charge in [-0.2, -0.15) is 0 Å². The van der Waals surface area contributed by atoms with Crippen LogP contribution in [0.1, 0.15) is 93.6 Å². The molecule has 0 aromatic heterocycles. The zero-order chi connectivity index (χ0) is 27.1. The normalized spacial score (nSPS) is 18.1. The van der Waals surface area contributed by atoms with Crippen molar-refractivity contribution in [3.05, 3.63) is 94.0 Å². The Morgan fingerprint density at radius 1 is 0.946 bits per heavy atom. The molecule has 3 heteroatoms. The molecule has 3 aromatic rings. The van der Waals surface area contributed by atoms with Crippen LogP contribution in [0.3, 0.4) is 0 Å². The summed E-state index contributed by atoms with van der Waals surface area (Å²) < 4.78 is 0. The standard InChI is InChI=1S/C34H41NO2/c1-21(2)17-26-19-30-31(34(7,8)23(4)33(30,5)6)20-29(26)22(3)18-24-9-11-25(12-10-24)32(37)35-27-13-15-28(36)16-14-27/h9-16,18-21,23,36H,17H2,1-8H3,(H,35,37)/b22-18+. The predicted molar refractivity (Wildman–Crippen MR) is 156 cm³/mol. The Labute approximate surface area is 222 Å². The smallest absolute Gasteiger partial charge is 0.255 e. The summed E-state index contributed by atoms with van der Waals surface area (Å²) in [6, 6.07) is 19.2. The molecule has 1 aliphatic carbocycles. The summed E-state index contributed by atoms with van der Waals surface area (Å²) >= 11 is 0.